The molecule has 1 spiro atoms. The highest BCUT2D eigenvalue weighted by atomic mass is 28.4. The van der Waals surface area contributed by atoms with Gasteiger partial charge in [0.25, 0.3) is 11.8 Å². The number of hydrogen-bond donors (Lipinski definition) is 7. The molecule has 7 rings (SSSR count). The molecule has 0 unspecified atom stereocenters. The molecule has 4 aliphatic heterocycles. The number of hydrogen-bond acceptors (Lipinski definition) is 12. The Kier molecular flexibility index (Phi) is 10.9. The number of ether oxygens (including phenoxy) is 3. The molecule has 0 radical (unpaired) electrons. The van der Waals surface area contributed by atoms with Crippen molar-refractivity contribution in [2.24, 2.45) is 5.92 Å². The second-order valence-corrected chi connectivity index (χ2v) is 19.7. The average molecular weight is 792 g/mol. The first-order valence-electron chi connectivity index (χ1n) is 18.7. The van der Waals surface area contributed by atoms with Crippen LogP contribution >= 0.6 is 0 Å². The third kappa shape index (κ3) is 6.92. The topological polar surface area (TPSA) is 219 Å². The highest BCUT2D eigenvalue weighted by molar-refractivity contribution is 6.71. The fraction of sp³-hybridized carbons (Fsp3) is 0.475. The largest absolute Gasteiger partial charge is 0.497 e. The molecule has 3 amide bonds. The van der Waals surface area contributed by atoms with E-state index in [2.05, 4.69) is 5.32 Å². The Morgan fingerprint density at radius 2 is 1.68 bits per heavy atom. The normalized spacial score (nSPS) is 31.3. The summed E-state index contributed by atoms with van der Waals surface area (Å²) in [5, 5.41) is 52.7. The van der Waals surface area contributed by atoms with Crippen molar-refractivity contribution in [2.45, 2.75) is 99.9 Å². The van der Waals surface area contributed by atoms with E-state index >= 15 is 0 Å². The summed E-state index contributed by atoms with van der Waals surface area (Å²) in [6, 6.07) is 19.3. The van der Waals surface area contributed by atoms with Gasteiger partial charge in [-0.25, -0.2) is 0 Å². The quantitative estimate of drug-likeness (QED) is 0.152. The predicted molar refractivity (Wildman–Crippen MR) is 204 cm³/mol. The van der Waals surface area contributed by atoms with Crippen molar-refractivity contribution in [3.63, 3.8) is 0 Å². The van der Waals surface area contributed by atoms with Crippen LogP contribution in [0.3, 0.4) is 0 Å². The molecular formula is C40H49N3O12Si. The molecule has 0 aliphatic carbocycles. The maximum absolute atomic E-state index is 14.9. The molecule has 0 saturated carbocycles. The maximum atomic E-state index is 14.9. The van der Waals surface area contributed by atoms with E-state index in [1.54, 1.807) is 65.4 Å². The predicted octanol–water partition coefficient (Wildman–Crippen LogP) is 1.11. The van der Waals surface area contributed by atoms with E-state index in [4.69, 9.17) is 14.2 Å². The number of carbonyl (C=O) groups is 3. The van der Waals surface area contributed by atoms with E-state index < -0.39 is 74.1 Å². The van der Waals surface area contributed by atoms with E-state index in [1.165, 1.54) is 7.11 Å². The lowest BCUT2D eigenvalue weighted by atomic mass is 9.82. The molecule has 56 heavy (non-hydrogen) atoms. The zero-order valence-electron chi connectivity index (χ0n) is 31.6. The van der Waals surface area contributed by atoms with Gasteiger partial charge in [0.15, 0.2) is 26.3 Å². The van der Waals surface area contributed by atoms with E-state index in [-0.39, 0.29) is 31.4 Å². The molecule has 15 nitrogen and oxygen atoms in total. The molecular weight excluding hydrogens is 743 g/mol. The van der Waals surface area contributed by atoms with Crippen LogP contribution in [0.2, 0.25) is 18.6 Å². The van der Waals surface area contributed by atoms with E-state index in [1.807, 2.05) is 31.2 Å². The summed E-state index contributed by atoms with van der Waals surface area (Å²) < 4.78 is 17.5. The molecule has 3 aromatic carbocycles. The molecule has 300 valence electrons. The van der Waals surface area contributed by atoms with Crippen LogP contribution in [0.25, 0.3) is 0 Å². The molecule has 7 N–H and O–H groups in total. The molecule has 4 aliphatic rings. The number of methoxy groups -OCH3 is 1. The molecule has 16 heteroatoms. The van der Waals surface area contributed by atoms with Gasteiger partial charge in [-0.2, -0.15) is 0 Å². The van der Waals surface area contributed by atoms with Gasteiger partial charge in [0.1, 0.15) is 24.1 Å². The molecule has 4 heterocycles. The van der Waals surface area contributed by atoms with Gasteiger partial charge in [-0.15, -0.1) is 0 Å². The van der Waals surface area contributed by atoms with Crippen molar-refractivity contribution in [1.82, 2.24) is 4.90 Å². The number of nitrogens with zero attached hydrogens (tertiary/aromatic N) is 2. The monoisotopic (exact) mass is 791 g/mol. The first-order chi connectivity index (χ1) is 26.6. The number of fused-ring (bicyclic) bond motifs is 3. The SMILES string of the molecule is COc1ccc2c(c1)[C@]1(O[C@@H](CC(=O)N3Cc4ccccc4C[C@H]3CO)[C@H]([Si](C)(C)O)[C@H]1C)C(=O)N2Cc1ccc(NC(=O)[C@H]2O[C@@H](O)[C@H](O)[C@@H](O)[C@@H]2O)cc1. The van der Waals surface area contributed by atoms with Crippen LogP contribution in [0.15, 0.2) is 66.7 Å². The van der Waals surface area contributed by atoms with Gasteiger partial charge >= 0.3 is 0 Å². The molecule has 3 aromatic rings. The lowest BCUT2D eigenvalue weighted by Crippen LogP contribution is -2.60. The van der Waals surface area contributed by atoms with Crippen molar-refractivity contribution in [3.05, 3.63) is 89.0 Å². The van der Waals surface area contributed by atoms with E-state index in [0.29, 0.717) is 41.2 Å². The van der Waals surface area contributed by atoms with Gasteiger partial charge in [-0.3, -0.25) is 14.4 Å². The number of amides is 3. The Labute approximate surface area is 325 Å². The maximum Gasteiger partial charge on any atom is 0.264 e. The van der Waals surface area contributed by atoms with Crippen LogP contribution in [0.5, 0.6) is 5.75 Å². The average Bonchev–Trinajstić information content (AvgIpc) is 3.60. The molecule has 0 bridgehead atoms. The minimum atomic E-state index is -3.11. The highest BCUT2D eigenvalue weighted by Gasteiger charge is 2.66. The van der Waals surface area contributed by atoms with Gasteiger partial charge in [0.2, 0.25) is 5.91 Å². The van der Waals surface area contributed by atoms with E-state index in [0.717, 1.165) is 11.1 Å². The van der Waals surface area contributed by atoms with Crippen LogP contribution in [-0.2, 0) is 49.0 Å². The summed E-state index contributed by atoms with van der Waals surface area (Å²) in [6.07, 6.45) is -9.25. The molecule has 10 atom stereocenters. The summed E-state index contributed by atoms with van der Waals surface area (Å²) in [5.41, 5.74) is 2.17. The molecule has 2 saturated heterocycles. The Morgan fingerprint density at radius 3 is 2.34 bits per heavy atom. The smallest absolute Gasteiger partial charge is 0.264 e. The van der Waals surface area contributed by atoms with Crippen molar-refractivity contribution >= 4 is 37.4 Å². The Bertz CT molecular complexity index is 1980. The van der Waals surface area contributed by atoms with Crippen LogP contribution in [-0.4, -0.2) is 118 Å². The van der Waals surface area contributed by atoms with E-state index in [9.17, 15) is 44.7 Å². The zero-order valence-corrected chi connectivity index (χ0v) is 32.6. The number of nitrogens with one attached hydrogen (secondary N) is 1. The first kappa shape index (κ1) is 40.0. The van der Waals surface area contributed by atoms with Crippen molar-refractivity contribution < 1.29 is 58.9 Å². The summed E-state index contributed by atoms with van der Waals surface area (Å²) in [7, 11) is -1.58. The number of aliphatic hydroxyl groups excluding tert-OH is 5. The first-order valence-corrected chi connectivity index (χ1v) is 21.8. The van der Waals surface area contributed by atoms with Gasteiger partial charge in [-0.05, 0) is 66.5 Å². The van der Waals surface area contributed by atoms with Gasteiger partial charge in [-0.1, -0.05) is 43.3 Å². The third-order valence-corrected chi connectivity index (χ3v) is 14.4. The number of rotatable bonds is 9. The summed E-state index contributed by atoms with van der Waals surface area (Å²) in [5.74, 6) is -1.47. The van der Waals surface area contributed by atoms with Crippen molar-refractivity contribution in [3.8, 4) is 5.75 Å². The minimum Gasteiger partial charge on any atom is -0.497 e. The Balaban J connectivity index is 1.14. The second-order valence-electron chi connectivity index (χ2n) is 15.8. The molecule has 0 aromatic heterocycles. The molecule has 2 fully saturated rings. The lowest BCUT2D eigenvalue weighted by Gasteiger charge is -2.37. The van der Waals surface area contributed by atoms with Gasteiger partial charge in [0, 0.05) is 29.3 Å². The minimum absolute atomic E-state index is 0.0897. The number of anilines is 2. The number of aliphatic hydroxyl groups is 5. The van der Waals surface area contributed by atoms with Crippen LogP contribution < -0.4 is 15.0 Å². The fourth-order valence-electron chi connectivity index (χ4n) is 9.04. The van der Waals surface area contributed by atoms with Crippen LogP contribution in [0.1, 0.15) is 35.6 Å². The Hall–Kier alpha value is -4.23. The Morgan fingerprint density at radius 1 is 0.982 bits per heavy atom. The fourth-order valence-corrected chi connectivity index (χ4v) is 11.6. The van der Waals surface area contributed by atoms with Crippen LogP contribution in [0.4, 0.5) is 11.4 Å². The summed E-state index contributed by atoms with van der Waals surface area (Å²) in [6.45, 7) is 5.70. The summed E-state index contributed by atoms with van der Waals surface area (Å²) >= 11 is 0. The van der Waals surface area contributed by atoms with Crippen LogP contribution in [0, 0.1) is 5.92 Å². The summed E-state index contributed by atoms with van der Waals surface area (Å²) in [4.78, 5) is 57.1. The second kappa shape index (κ2) is 15.3. The number of benzene rings is 3. The highest BCUT2D eigenvalue weighted by Crippen LogP contribution is 2.60. The third-order valence-electron chi connectivity index (χ3n) is 11.9. The van der Waals surface area contributed by atoms with Gasteiger partial charge in [0.05, 0.1) is 44.5 Å². The standard InChI is InChI=1S/C40H49N3O12Si/c1-21-36(56(3,4)52)30(17-31(45)42-19-24-8-6-5-7-23(24)15-26(42)20-44)55-40(21)28-16-27(53-2)13-14-29(28)43(39(40)51)18-22-9-11-25(12-10-22)41-37(49)35-33(47)32(46)34(48)38(50)54-35/h5-14,16,21,26,30,32-36,38,44,46-48,50,52H,15,17-20H2,1-4H3,(H,41,49)/t21-,26+,30+,32+,33+,34-,35+,36-,38-,40+/m1/s1. The zero-order chi connectivity index (χ0) is 40.3. The van der Waals surface area contributed by atoms with Crippen molar-refractivity contribution in [1.29, 1.82) is 0 Å². The van der Waals surface area contributed by atoms with Gasteiger partial charge < -0.3 is 59.7 Å². The lowest BCUT2D eigenvalue weighted by molar-refractivity contribution is -0.274. The van der Waals surface area contributed by atoms with Crippen molar-refractivity contribution in [2.75, 3.05) is 23.9 Å². The number of carbonyl (C=O) groups excluding carboxylic acids is 3.